The molecule has 2 aliphatic rings. The maximum atomic E-state index is 12.3. The van der Waals surface area contributed by atoms with Crippen LogP contribution in [0.4, 0.5) is 0 Å². The topological polar surface area (TPSA) is 32.3 Å². The lowest BCUT2D eigenvalue weighted by molar-refractivity contribution is -0.136. The predicted octanol–water partition coefficient (Wildman–Crippen LogP) is 2.03. The van der Waals surface area contributed by atoms with Crippen LogP contribution in [-0.4, -0.2) is 36.0 Å². The molecule has 0 spiro atoms. The number of likely N-dealkylation sites (tertiary alicyclic amines) is 1. The van der Waals surface area contributed by atoms with E-state index < -0.39 is 0 Å². The third-order valence-corrected chi connectivity index (χ3v) is 4.69. The van der Waals surface area contributed by atoms with Crippen molar-refractivity contribution in [3.05, 3.63) is 22.4 Å². The molecule has 1 aliphatic heterocycles. The molecule has 0 radical (unpaired) electrons. The molecule has 3 rings (SSSR count). The molecule has 18 heavy (non-hydrogen) atoms. The quantitative estimate of drug-likeness (QED) is 0.882. The molecule has 1 saturated carbocycles. The molecule has 1 aromatic heterocycles. The number of nitrogens with one attached hydrogen (secondary N) is 1. The second-order valence-electron chi connectivity index (χ2n) is 5.29. The van der Waals surface area contributed by atoms with Crippen LogP contribution in [0.5, 0.6) is 0 Å². The SMILES string of the molecule is O=C1C(NC2CC2)CCCN1CCc1cccs1. The Morgan fingerprint density at radius 2 is 2.28 bits per heavy atom. The van der Waals surface area contributed by atoms with Crippen molar-refractivity contribution in [1.82, 2.24) is 10.2 Å². The molecular formula is C14H20N2OS. The maximum Gasteiger partial charge on any atom is 0.239 e. The number of hydrogen-bond acceptors (Lipinski definition) is 3. The second kappa shape index (κ2) is 5.41. The van der Waals surface area contributed by atoms with Gasteiger partial charge < -0.3 is 10.2 Å². The van der Waals surface area contributed by atoms with Gasteiger partial charge in [0.1, 0.15) is 0 Å². The highest BCUT2D eigenvalue weighted by atomic mass is 32.1. The molecule has 1 aliphatic carbocycles. The lowest BCUT2D eigenvalue weighted by Crippen LogP contribution is -2.51. The van der Waals surface area contributed by atoms with Crippen molar-refractivity contribution in [3.8, 4) is 0 Å². The first-order valence-corrected chi connectivity index (χ1v) is 7.78. The number of piperidine rings is 1. The zero-order chi connectivity index (χ0) is 12.4. The molecule has 1 unspecified atom stereocenters. The van der Waals surface area contributed by atoms with Crippen molar-refractivity contribution in [3.63, 3.8) is 0 Å². The molecule has 2 fully saturated rings. The number of carbonyl (C=O) groups excluding carboxylic acids is 1. The van der Waals surface area contributed by atoms with Crippen LogP contribution in [0.25, 0.3) is 0 Å². The van der Waals surface area contributed by atoms with Gasteiger partial charge in [-0.2, -0.15) is 0 Å². The third-order valence-electron chi connectivity index (χ3n) is 3.75. The fourth-order valence-corrected chi connectivity index (χ4v) is 3.25. The Morgan fingerprint density at radius 3 is 3.00 bits per heavy atom. The van der Waals surface area contributed by atoms with E-state index in [9.17, 15) is 4.79 Å². The number of carbonyl (C=O) groups is 1. The van der Waals surface area contributed by atoms with Crippen molar-refractivity contribution >= 4 is 17.2 Å². The molecule has 1 aromatic rings. The Kier molecular flexibility index (Phi) is 3.66. The van der Waals surface area contributed by atoms with Crippen LogP contribution in [0, 0.1) is 0 Å². The van der Waals surface area contributed by atoms with Crippen LogP contribution in [-0.2, 0) is 11.2 Å². The number of nitrogens with zero attached hydrogens (tertiary/aromatic N) is 1. The highest BCUT2D eigenvalue weighted by molar-refractivity contribution is 7.09. The Balaban J connectivity index is 1.52. The third kappa shape index (κ3) is 2.93. The molecule has 98 valence electrons. The number of hydrogen-bond donors (Lipinski definition) is 1. The van der Waals surface area contributed by atoms with Crippen molar-refractivity contribution in [1.29, 1.82) is 0 Å². The first-order chi connectivity index (χ1) is 8.83. The zero-order valence-corrected chi connectivity index (χ0v) is 11.4. The molecule has 0 aromatic carbocycles. The minimum absolute atomic E-state index is 0.0922. The predicted molar refractivity (Wildman–Crippen MR) is 73.8 cm³/mol. The summed E-state index contributed by atoms with van der Waals surface area (Å²) in [5.74, 6) is 0.324. The standard InChI is InChI=1S/C14H20N2OS/c17-14-13(15-11-5-6-11)4-1-8-16(14)9-7-12-3-2-10-18-12/h2-3,10-11,13,15H,1,4-9H2. The van der Waals surface area contributed by atoms with E-state index in [1.165, 1.54) is 17.7 Å². The number of rotatable bonds is 5. The Labute approximate surface area is 112 Å². The molecule has 1 saturated heterocycles. The molecule has 4 heteroatoms. The summed E-state index contributed by atoms with van der Waals surface area (Å²) >= 11 is 1.78. The largest absolute Gasteiger partial charge is 0.341 e. The smallest absolute Gasteiger partial charge is 0.239 e. The van der Waals surface area contributed by atoms with E-state index in [0.29, 0.717) is 11.9 Å². The summed E-state index contributed by atoms with van der Waals surface area (Å²) < 4.78 is 0. The van der Waals surface area contributed by atoms with Crippen molar-refractivity contribution in [2.45, 2.75) is 44.2 Å². The van der Waals surface area contributed by atoms with Gasteiger partial charge in [0.05, 0.1) is 6.04 Å². The van der Waals surface area contributed by atoms with Crippen molar-refractivity contribution in [2.24, 2.45) is 0 Å². The molecule has 1 amide bonds. The summed E-state index contributed by atoms with van der Waals surface area (Å²) in [5.41, 5.74) is 0. The van der Waals surface area contributed by atoms with E-state index in [-0.39, 0.29) is 6.04 Å². The first-order valence-electron chi connectivity index (χ1n) is 6.90. The molecule has 3 nitrogen and oxygen atoms in total. The van der Waals surface area contributed by atoms with E-state index in [2.05, 4.69) is 22.8 Å². The minimum Gasteiger partial charge on any atom is -0.341 e. The average Bonchev–Trinajstić information content (AvgIpc) is 3.04. The number of thiophene rings is 1. The molecule has 0 bridgehead atoms. The van der Waals surface area contributed by atoms with Crippen LogP contribution < -0.4 is 5.32 Å². The van der Waals surface area contributed by atoms with Crippen LogP contribution in [0.1, 0.15) is 30.6 Å². The average molecular weight is 264 g/mol. The van der Waals surface area contributed by atoms with Crippen molar-refractivity contribution in [2.75, 3.05) is 13.1 Å². The summed E-state index contributed by atoms with van der Waals surface area (Å²) in [6.07, 6.45) is 5.66. The van der Waals surface area contributed by atoms with E-state index in [0.717, 1.165) is 32.4 Å². The summed E-state index contributed by atoms with van der Waals surface area (Å²) in [5, 5.41) is 5.58. The second-order valence-corrected chi connectivity index (χ2v) is 6.32. The van der Waals surface area contributed by atoms with Gasteiger partial charge in [-0.3, -0.25) is 4.79 Å². The van der Waals surface area contributed by atoms with Crippen LogP contribution in [0.3, 0.4) is 0 Å². The summed E-state index contributed by atoms with van der Waals surface area (Å²) in [6.45, 7) is 1.81. The van der Waals surface area contributed by atoms with Gasteiger partial charge in [0, 0.05) is 24.0 Å². The normalized spacial score (nSPS) is 24.6. The van der Waals surface area contributed by atoms with Gasteiger partial charge in [0.2, 0.25) is 5.91 Å². The Hall–Kier alpha value is -0.870. The van der Waals surface area contributed by atoms with Crippen LogP contribution >= 0.6 is 11.3 Å². The fourth-order valence-electron chi connectivity index (χ4n) is 2.55. The van der Waals surface area contributed by atoms with Crippen LogP contribution in [0.15, 0.2) is 17.5 Å². The first kappa shape index (κ1) is 12.2. The van der Waals surface area contributed by atoms with E-state index >= 15 is 0 Å². The molecular weight excluding hydrogens is 244 g/mol. The van der Waals surface area contributed by atoms with E-state index in [1.54, 1.807) is 11.3 Å². The monoisotopic (exact) mass is 264 g/mol. The minimum atomic E-state index is 0.0922. The lowest BCUT2D eigenvalue weighted by Gasteiger charge is -2.32. The molecule has 1 atom stereocenters. The highest BCUT2D eigenvalue weighted by Crippen LogP contribution is 2.22. The Morgan fingerprint density at radius 1 is 1.39 bits per heavy atom. The summed E-state index contributed by atoms with van der Waals surface area (Å²) in [4.78, 5) is 15.7. The zero-order valence-electron chi connectivity index (χ0n) is 10.6. The van der Waals surface area contributed by atoms with E-state index in [1.807, 2.05) is 4.90 Å². The number of amides is 1. The fraction of sp³-hybridized carbons (Fsp3) is 0.643. The van der Waals surface area contributed by atoms with Crippen molar-refractivity contribution < 1.29 is 4.79 Å². The lowest BCUT2D eigenvalue weighted by atomic mass is 10.0. The van der Waals surface area contributed by atoms with Gasteiger partial charge in [-0.1, -0.05) is 6.07 Å². The van der Waals surface area contributed by atoms with Gasteiger partial charge in [-0.15, -0.1) is 11.3 Å². The van der Waals surface area contributed by atoms with E-state index in [4.69, 9.17) is 0 Å². The summed E-state index contributed by atoms with van der Waals surface area (Å²) in [7, 11) is 0. The molecule has 1 N–H and O–H groups in total. The van der Waals surface area contributed by atoms with Gasteiger partial charge in [0.25, 0.3) is 0 Å². The summed E-state index contributed by atoms with van der Waals surface area (Å²) in [6, 6.07) is 4.94. The highest BCUT2D eigenvalue weighted by Gasteiger charge is 2.33. The molecule has 2 heterocycles. The van der Waals surface area contributed by atoms with Crippen LogP contribution in [0.2, 0.25) is 0 Å². The van der Waals surface area contributed by atoms with Gasteiger partial charge in [0.15, 0.2) is 0 Å². The van der Waals surface area contributed by atoms with Gasteiger partial charge >= 0.3 is 0 Å². The van der Waals surface area contributed by atoms with Gasteiger partial charge in [-0.05, 0) is 43.6 Å². The van der Waals surface area contributed by atoms with Gasteiger partial charge in [-0.25, -0.2) is 0 Å². The Bertz CT molecular complexity index is 400. The maximum absolute atomic E-state index is 12.3.